The van der Waals surface area contributed by atoms with Crippen LogP contribution >= 0.6 is 15.9 Å². The van der Waals surface area contributed by atoms with Gasteiger partial charge in [-0.05, 0) is 38.1 Å². The fourth-order valence-electron chi connectivity index (χ4n) is 2.49. The third-order valence-corrected chi connectivity index (χ3v) is 3.80. The summed E-state index contributed by atoms with van der Waals surface area (Å²) in [6.07, 6.45) is 0.711. The Morgan fingerprint density at radius 1 is 1.41 bits per heavy atom. The Kier molecular flexibility index (Phi) is 3.80. The van der Waals surface area contributed by atoms with E-state index in [1.54, 1.807) is 0 Å². The van der Waals surface area contributed by atoms with Crippen LogP contribution in [0.4, 0.5) is 8.78 Å². The topological polar surface area (TPSA) is 29.3 Å². The Morgan fingerprint density at radius 3 is 2.47 bits per heavy atom. The van der Waals surface area contributed by atoms with Crippen molar-refractivity contribution in [3.63, 3.8) is 0 Å². The van der Waals surface area contributed by atoms with E-state index in [9.17, 15) is 8.78 Å². The Bertz CT molecular complexity index is 402. The lowest BCUT2D eigenvalue weighted by Crippen LogP contribution is -2.21. The summed E-state index contributed by atoms with van der Waals surface area (Å²) in [6, 6.07) is 2.40. The highest BCUT2D eigenvalue weighted by atomic mass is 79.9. The highest BCUT2D eigenvalue weighted by Gasteiger charge is 2.33. The number of nitrogens with zero attached hydrogens (tertiary/aromatic N) is 1. The molecule has 2 N–H and O–H groups in total. The van der Waals surface area contributed by atoms with E-state index in [1.165, 1.54) is 12.1 Å². The molecule has 0 bridgehead atoms. The second kappa shape index (κ2) is 5.00. The first kappa shape index (κ1) is 12.9. The van der Waals surface area contributed by atoms with Crippen LogP contribution in [0.1, 0.15) is 18.0 Å². The lowest BCUT2D eigenvalue weighted by atomic mass is 9.99. The minimum absolute atomic E-state index is 0.159. The summed E-state index contributed by atoms with van der Waals surface area (Å²) >= 11 is 3.08. The van der Waals surface area contributed by atoms with Gasteiger partial charge in [-0.3, -0.25) is 4.90 Å². The van der Waals surface area contributed by atoms with Crippen LogP contribution in [0, 0.1) is 17.6 Å². The average molecular weight is 305 g/mol. The first-order chi connectivity index (χ1) is 8.02. The van der Waals surface area contributed by atoms with Crippen LogP contribution < -0.4 is 5.73 Å². The summed E-state index contributed by atoms with van der Waals surface area (Å²) in [5, 5.41) is 0. The molecule has 2 rings (SSSR count). The molecule has 1 saturated heterocycles. The first-order valence-corrected chi connectivity index (χ1v) is 6.37. The summed E-state index contributed by atoms with van der Waals surface area (Å²) in [5.74, 6) is -0.676. The minimum Gasteiger partial charge on any atom is -0.330 e. The molecule has 5 heteroatoms. The van der Waals surface area contributed by atoms with E-state index in [-0.39, 0.29) is 11.6 Å². The SMILES string of the molecule is CN1CC(CN)CC1c1c(F)cc(Br)cc1F. The van der Waals surface area contributed by atoms with E-state index in [1.807, 2.05) is 11.9 Å². The van der Waals surface area contributed by atoms with Gasteiger partial charge in [0, 0.05) is 22.6 Å². The zero-order valence-electron chi connectivity index (χ0n) is 9.59. The lowest BCUT2D eigenvalue weighted by Gasteiger charge is -2.20. The Labute approximate surface area is 108 Å². The van der Waals surface area contributed by atoms with Crippen molar-refractivity contribution in [1.82, 2.24) is 4.90 Å². The van der Waals surface area contributed by atoms with Gasteiger partial charge >= 0.3 is 0 Å². The molecule has 1 aromatic rings. The predicted octanol–water partition coefficient (Wildman–Crippen LogP) is 2.68. The number of hydrogen-bond donors (Lipinski definition) is 1. The quantitative estimate of drug-likeness (QED) is 0.910. The average Bonchev–Trinajstić information content (AvgIpc) is 2.59. The van der Waals surface area contributed by atoms with Crippen LogP contribution in [-0.2, 0) is 0 Å². The van der Waals surface area contributed by atoms with E-state index in [0.717, 1.165) is 6.54 Å². The predicted molar refractivity (Wildman–Crippen MR) is 66.6 cm³/mol. The normalized spacial score (nSPS) is 25.5. The van der Waals surface area contributed by atoms with Crippen molar-refractivity contribution in [3.05, 3.63) is 33.8 Å². The van der Waals surface area contributed by atoms with E-state index in [0.29, 0.717) is 23.4 Å². The molecule has 0 saturated carbocycles. The maximum Gasteiger partial charge on any atom is 0.132 e. The summed E-state index contributed by atoms with van der Waals surface area (Å²) < 4.78 is 28.1. The van der Waals surface area contributed by atoms with Crippen molar-refractivity contribution in [1.29, 1.82) is 0 Å². The molecule has 2 unspecified atom stereocenters. The third-order valence-electron chi connectivity index (χ3n) is 3.35. The zero-order chi connectivity index (χ0) is 12.6. The van der Waals surface area contributed by atoms with Crippen LogP contribution in [0.3, 0.4) is 0 Å². The fraction of sp³-hybridized carbons (Fsp3) is 0.500. The molecule has 2 nitrogen and oxygen atoms in total. The maximum absolute atomic E-state index is 13.8. The third kappa shape index (κ3) is 2.51. The van der Waals surface area contributed by atoms with Gasteiger partial charge in [-0.1, -0.05) is 15.9 Å². The van der Waals surface area contributed by atoms with Crippen LogP contribution in [-0.4, -0.2) is 25.0 Å². The second-order valence-corrected chi connectivity index (χ2v) is 5.49. The number of benzene rings is 1. The number of halogens is 3. The van der Waals surface area contributed by atoms with Crippen molar-refractivity contribution < 1.29 is 8.78 Å². The molecule has 0 spiro atoms. The van der Waals surface area contributed by atoms with Gasteiger partial charge in [0.05, 0.1) is 0 Å². The first-order valence-electron chi connectivity index (χ1n) is 5.57. The summed E-state index contributed by atoms with van der Waals surface area (Å²) in [4.78, 5) is 1.97. The molecule has 17 heavy (non-hydrogen) atoms. The monoisotopic (exact) mass is 304 g/mol. The minimum atomic E-state index is -0.494. The zero-order valence-corrected chi connectivity index (χ0v) is 11.2. The van der Waals surface area contributed by atoms with Gasteiger partial charge in [0.15, 0.2) is 0 Å². The maximum atomic E-state index is 13.8. The molecular weight excluding hydrogens is 290 g/mol. The van der Waals surface area contributed by atoms with Crippen molar-refractivity contribution in [2.45, 2.75) is 12.5 Å². The van der Waals surface area contributed by atoms with E-state index in [2.05, 4.69) is 15.9 Å². The molecule has 0 radical (unpaired) electrons. The van der Waals surface area contributed by atoms with E-state index in [4.69, 9.17) is 5.73 Å². The largest absolute Gasteiger partial charge is 0.330 e. The van der Waals surface area contributed by atoms with Crippen LogP contribution in [0.5, 0.6) is 0 Å². The number of likely N-dealkylation sites (tertiary alicyclic amines) is 1. The van der Waals surface area contributed by atoms with Gasteiger partial charge in [-0.25, -0.2) is 8.78 Å². The standard InChI is InChI=1S/C12H15BrF2N2/c1-17-6-7(5-16)2-11(17)12-9(14)3-8(13)4-10(12)15/h3-4,7,11H,2,5-6,16H2,1H3. The van der Waals surface area contributed by atoms with Gasteiger partial charge in [0.25, 0.3) is 0 Å². The Morgan fingerprint density at radius 2 is 2.00 bits per heavy atom. The van der Waals surface area contributed by atoms with E-state index < -0.39 is 11.6 Å². The van der Waals surface area contributed by atoms with Crippen LogP contribution in [0.2, 0.25) is 0 Å². The molecule has 0 aliphatic carbocycles. The highest BCUT2D eigenvalue weighted by molar-refractivity contribution is 9.10. The molecule has 2 atom stereocenters. The number of nitrogens with two attached hydrogens (primary N) is 1. The molecule has 1 aliphatic heterocycles. The second-order valence-electron chi connectivity index (χ2n) is 4.58. The summed E-state index contributed by atoms with van der Waals surface area (Å²) in [6.45, 7) is 1.34. The molecular formula is C12H15BrF2N2. The van der Waals surface area contributed by atoms with Crippen molar-refractivity contribution in [2.75, 3.05) is 20.1 Å². The van der Waals surface area contributed by atoms with Gasteiger partial charge in [0.2, 0.25) is 0 Å². The van der Waals surface area contributed by atoms with Gasteiger partial charge in [0.1, 0.15) is 11.6 Å². The van der Waals surface area contributed by atoms with Crippen molar-refractivity contribution in [3.8, 4) is 0 Å². The molecule has 1 aromatic carbocycles. The van der Waals surface area contributed by atoms with Gasteiger partial charge in [-0.15, -0.1) is 0 Å². The smallest absolute Gasteiger partial charge is 0.132 e. The molecule has 1 heterocycles. The van der Waals surface area contributed by atoms with Crippen LogP contribution in [0.15, 0.2) is 16.6 Å². The highest BCUT2D eigenvalue weighted by Crippen LogP contribution is 2.37. The summed E-state index contributed by atoms with van der Waals surface area (Å²) in [7, 11) is 1.88. The number of rotatable bonds is 2. The van der Waals surface area contributed by atoms with E-state index >= 15 is 0 Å². The lowest BCUT2D eigenvalue weighted by molar-refractivity contribution is 0.298. The van der Waals surface area contributed by atoms with Crippen molar-refractivity contribution >= 4 is 15.9 Å². The molecule has 94 valence electrons. The summed E-state index contributed by atoms with van der Waals surface area (Å²) in [5.41, 5.74) is 5.77. The van der Waals surface area contributed by atoms with Crippen LogP contribution in [0.25, 0.3) is 0 Å². The molecule has 0 aromatic heterocycles. The number of hydrogen-bond acceptors (Lipinski definition) is 2. The fourth-order valence-corrected chi connectivity index (χ4v) is 2.89. The van der Waals surface area contributed by atoms with Crippen molar-refractivity contribution in [2.24, 2.45) is 11.7 Å². The Balaban J connectivity index is 2.35. The molecule has 1 fully saturated rings. The van der Waals surface area contributed by atoms with Gasteiger partial charge in [-0.2, -0.15) is 0 Å². The van der Waals surface area contributed by atoms with Gasteiger partial charge < -0.3 is 5.73 Å². The molecule has 1 aliphatic rings. The Hall–Kier alpha value is -0.520. The molecule has 0 amide bonds.